The van der Waals surface area contributed by atoms with Crippen LogP contribution in [0, 0.1) is 0 Å². The molecule has 0 unspecified atom stereocenters. The number of hydrogen-bond acceptors (Lipinski definition) is 3. The summed E-state index contributed by atoms with van der Waals surface area (Å²) in [6.45, 7) is 6.73. The Bertz CT molecular complexity index is 605. The smallest absolute Gasteiger partial charge is 0.204 e. The largest absolute Gasteiger partial charge is 0.484 e. The third kappa shape index (κ3) is 4.22. The zero-order chi connectivity index (χ0) is 19.0. The summed E-state index contributed by atoms with van der Waals surface area (Å²) in [5.41, 5.74) is -0.264. The van der Waals surface area contributed by atoms with Gasteiger partial charge in [0.15, 0.2) is 11.5 Å². The Hall–Kier alpha value is -1.38. The van der Waals surface area contributed by atoms with Crippen molar-refractivity contribution in [3.63, 3.8) is 0 Å². The minimum absolute atomic E-state index is 0.0788. The van der Waals surface area contributed by atoms with Crippen LogP contribution in [0.15, 0.2) is 18.2 Å². The normalized spacial score (nSPS) is 25.4. The molecule has 3 aliphatic rings. The molecule has 0 aromatic heterocycles. The number of ether oxygens (including phenoxy) is 3. The van der Waals surface area contributed by atoms with Crippen LogP contribution in [-0.4, -0.2) is 16.8 Å². The quantitative estimate of drug-likeness (QED) is 0.548. The molecule has 0 N–H and O–H groups in total. The summed E-state index contributed by atoms with van der Waals surface area (Å²) in [5.74, 6) is 2.57. The van der Waals surface area contributed by atoms with Crippen molar-refractivity contribution in [1.29, 1.82) is 0 Å². The van der Waals surface area contributed by atoms with E-state index in [-0.39, 0.29) is 16.8 Å². The van der Waals surface area contributed by atoms with Gasteiger partial charge in [-0.3, -0.25) is 0 Å². The lowest BCUT2D eigenvalue weighted by molar-refractivity contribution is 0.0486. The molecule has 1 aromatic rings. The molecule has 0 heterocycles. The van der Waals surface area contributed by atoms with Crippen molar-refractivity contribution in [1.82, 2.24) is 0 Å². The molecular formula is C24H36O3. The molecular weight excluding hydrogens is 336 g/mol. The number of hydrogen-bond donors (Lipinski definition) is 0. The summed E-state index contributed by atoms with van der Waals surface area (Å²) < 4.78 is 19.9. The molecule has 3 aliphatic carbocycles. The summed E-state index contributed by atoms with van der Waals surface area (Å²) >= 11 is 0. The molecule has 3 nitrogen and oxygen atoms in total. The molecule has 0 bridgehead atoms. The zero-order valence-electron chi connectivity index (χ0n) is 17.4. The van der Waals surface area contributed by atoms with E-state index < -0.39 is 0 Å². The lowest BCUT2D eigenvalue weighted by Gasteiger charge is -2.33. The van der Waals surface area contributed by atoms with Gasteiger partial charge in [0.2, 0.25) is 5.75 Å². The molecule has 150 valence electrons. The summed E-state index contributed by atoms with van der Waals surface area (Å²) in [6, 6.07) is 6.20. The van der Waals surface area contributed by atoms with Gasteiger partial charge in [-0.1, -0.05) is 6.07 Å². The maximum atomic E-state index is 6.69. The zero-order valence-corrected chi connectivity index (χ0v) is 17.4. The van der Waals surface area contributed by atoms with Gasteiger partial charge in [-0.15, -0.1) is 0 Å². The third-order valence-electron chi connectivity index (χ3n) is 6.99. The van der Waals surface area contributed by atoms with Gasteiger partial charge in [-0.05, 0) is 110 Å². The van der Waals surface area contributed by atoms with Gasteiger partial charge in [0.25, 0.3) is 0 Å². The van der Waals surface area contributed by atoms with E-state index in [0.717, 1.165) is 55.8 Å². The lowest BCUT2D eigenvalue weighted by atomic mass is 10.0. The van der Waals surface area contributed by atoms with Crippen molar-refractivity contribution < 1.29 is 14.2 Å². The van der Waals surface area contributed by atoms with E-state index in [4.69, 9.17) is 14.2 Å². The topological polar surface area (TPSA) is 27.7 Å². The SMILES string of the molecule is CC1(Oc2cccc(OC3(C)CCCC3)c2OC2(C)CCCC2)CCCC1. The van der Waals surface area contributed by atoms with Gasteiger partial charge in [0.05, 0.1) is 0 Å². The Balaban J connectivity index is 1.65. The highest BCUT2D eigenvalue weighted by Crippen LogP contribution is 2.48. The molecule has 0 saturated heterocycles. The standard InChI is InChI=1S/C24H36O3/c1-22(13-4-5-14-22)25-19-11-10-12-20(26-23(2)15-6-7-16-23)21(19)27-24(3)17-8-9-18-24/h10-12H,4-9,13-18H2,1-3H3. The predicted octanol–water partition coefficient (Wildman–Crippen LogP) is 6.82. The first-order chi connectivity index (χ1) is 12.9. The van der Waals surface area contributed by atoms with E-state index in [9.17, 15) is 0 Å². The molecule has 1 aromatic carbocycles. The van der Waals surface area contributed by atoms with Crippen molar-refractivity contribution in [2.75, 3.05) is 0 Å². The molecule has 0 spiro atoms. The van der Waals surface area contributed by atoms with Gasteiger partial charge in [-0.2, -0.15) is 0 Å². The van der Waals surface area contributed by atoms with Crippen molar-refractivity contribution in [2.45, 2.75) is 115 Å². The molecule has 0 aliphatic heterocycles. The number of para-hydroxylation sites is 1. The van der Waals surface area contributed by atoms with Crippen molar-refractivity contribution >= 4 is 0 Å². The Morgan fingerprint density at radius 2 is 0.889 bits per heavy atom. The summed E-state index contributed by atoms with van der Waals surface area (Å²) in [4.78, 5) is 0. The maximum absolute atomic E-state index is 6.69. The molecule has 3 saturated carbocycles. The van der Waals surface area contributed by atoms with E-state index in [1.807, 2.05) is 0 Å². The van der Waals surface area contributed by atoms with Crippen LogP contribution in [0.5, 0.6) is 17.2 Å². The molecule has 0 radical (unpaired) electrons. The number of rotatable bonds is 6. The molecule has 0 amide bonds. The minimum Gasteiger partial charge on any atom is -0.484 e. The van der Waals surface area contributed by atoms with Gasteiger partial charge in [0.1, 0.15) is 16.8 Å². The fourth-order valence-electron chi connectivity index (χ4n) is 5.21. The van der Waals surface area contributed by atoms with Crippen LogP contribution in [-0.2, 0) is 0 Å². The summed E-state index contributed by atoms with van der Waals surface area (Å²) in [6.07, 6.45) is 14.2. The third-order valence-corrected chi connectivity index (χ3v) is 6.99. The van der Waals surface area contributed by atoms with Crippen molar-refractivity contribution in [3.8, 4) is 17.2 Å². The second kappa shape index (κ2) is 7.22. The fraction of sp³-hybridized carbons (Fsp3) is 0.750. The summed E-state index contributed by atoms with van der Waals surface area (Å²) in [5, 5.41) is 0. The Morgan fingerprint density at radius 1 is 0.556 bits per heavy atom. The van der Waals surface area contributed by atoms with Crippen LogP contribution in [0.2, 0.25) is 0 Å². The number of benzene rings is 1. The van der Waals surface area contributed by atoms with E-state index >= 15 is 0 Å². The molecule has 27 heavy (non-hydrogen) atoms. The first-order valence-electron chi connectivity index (χ1n) is 11.1. The highest BCUT2D eigenvalue weighted by Gasteiger charge is 2.37. The second-order valence-corrected chi connectivity index (χ2v) is 9.86. The van der Waals surface area contributed by atoms with Gasteiger partial charge >= 0.3 is 0 Å². The Morgan fingerprint density at radius 3 is 1.26 bits per heavy atom. The fourth-order valence-corrected chi connectivity index (χ4v) is 5.21. The van der Waals surface area contributed by atoms with E-state index in [0.29, 0.717) is 0 Å². The van der Waals surface area contributed by atoms with Crippen LogP contribution in [0.25, 0.3) is 0 Å². The van der Waals surface area contributed by atoms with Crippen LogP contribution in [0.3, 0.4) is 0 Å². The van der Waals surface area contributed by atoms with Gasteiger partial charge in [0, 0.05) is 0 Å². The van der Waals surface area contributed by atoms with Crippen molar-refractivity contribution in [3.05, 3.63) is 18.2 Å². The van der Waals surface area contributed by atoms with Gasteiger partial charge in [-0.25, -0.2) is 0 Å². The average Bonchev–Trinajstić information content (AvgIpc) is 3.34. The molecule has 4 rings (SSSR count). The van der Waals surface area contributed by atoms with Crippen LogP contribution in [0.4, 0.5) is 0 Å². The average molecular weight is 373 g/mol. The highest BCUT2D eigenvalue weighted by molar-refractivity contribution is 5.52. The van der Waals surface area contributed by atoms with E-state index in [1.54, 1.807) is 0 Å². The van der Waals surface area contributed by atoms with Crippen LogP contribution in [0.1, 0.15) is 97.8 Å². The maximum Gasteiger partial charge on any atom is 0.204 e. The predicted molar refractivity (Wildman–Crippen MR) is 109 cm³/mol. The lowest BCUT2D eigenvalue weighted by Crippen LogP contribution is -2.32. The first-order valence-corrected chi connectivity index (χ1v) is 11.1. The van der Waals surface area contributed by atoms with Crippen LogP contribution >= 0.6 is 0 Å². The Labute approximate surface area is 164 Å². The second-order valence-electron chi connectivity index (χ2n) is 9.86. The molecule has 3 fully saturated rings. The Kier molecular flexibility index (Phi) is 5.07. The highest BCUT2D eigenvalue weighted by atomic mass is 16.6. The summed E-state index contributed by atoms with van der Waals surface area (Å²) in [7, 11) is 0. The monoisotopic (exact) mass is 372 g/mol. The molecule has 3 heteroatoms. The first kappa shape index (κ1) is 19.0. The minimum atomic E-state index is -0.106. The molecule has 0 atom stereocenters. The van der Waals surface area contributed by atoms with E-state index in [2.05, 4.69) is 39.0 Å². The van der Waals surface area contributed by atoms with Crippen LogP contribution < -0.4 is 14.2 Å². The van der Waals surface area contributed by atoms with Gasteiger partial charge < -0.3 is 14.2 Å². The van der Waals surface area contributed by atoms with Crippen molar-refractivity contribution in [2.24, 2.45) is 0 Å². The van der Waals surface area contributed by atoms with E-state index in [1.165, 1.54) is 38.5 Å².